The van der Waals surface area contributed by atoms with Crippen LogP contribution in [0.5, 0.6) is 0 Å². The highest BCUT2D eigenvalue weighted by Gasteiger charge is 2.23. The van der Waals surface area contributed by atoms with Crippen molar-refractivity contribution >= 4 is 33.9 Å². The molecule has 0 amide bonds. The summed E-state index contributed by atoms with van der Waals surface area (Å²) in [4.78, 5) is 1.61. The number of hydrogen-bond donors (Lipinski definition) is 1. The highest BCUT2D eigenvalue weighted by Crippen LogP contribution is 2.36. The maximum atomic E-state index is 3.73. The van der Waals surface area contributed by atoms with Gasteiger partial charge < -0.3 is 5.32 Å². The number of fused-ring (bicyclic) bond motifs is 1. The zero-order chi connectivity index (χ0) is 11.8. The van der Waals surface area contributed by atoms with Crippen molar-refractivity contribution in [1.29, 1.82) is 0 Å². The van der Waals surface area contributed by atoms with Gasteiger partial charge in [0, 0.05) is 17.5 Å². The van der Waals surface area contributed by atoms with Gasteiger partial charge in [-0.25, -0.2) is 0 Å². The molecule has 0 spiro atoms. The molecule has 16 heavy (non-hydrogen) atoms. The zero-order valence-electron chi connectivity index (χ0n) is 10.3. The van der Waals surface area contributed by atoms with Crippen LogP contribution in [0.3, 0.4) is 0 Å². The Kier molecular flexibility index (Phi) is 3.97. The van der Waals surface area contributed by atoms with Crippen molar-refractivity contribution in [2.75, 3.05) is 6.54 Å². The van der Waals surface area contributed by atoms with Gasteiger partial charge in [-0.3, -0.25) is 0 Å². The van der Waals surface area contributed by atoms with E-state index in [9.17, 15) is 0 Å². The monoisotopic (exact) mass is 349 g/mol. The second-order valence-electron chi connectivity index (χ2n) is 5.82. The van der Waals surface area contributed by atoms with Crippen LogP contribution in [0.4, 0.5) is 0 Å². The molecule has 0 saturated carbocycles. The molecule has 0 aromatic carbocycles. The normalized spacial score (nSPS) is 20.9. The van der Waals surface area contributed by atoms with Crippen LogP contribution in [0.15, 0.2) is 6.07 Å². The van der Waals surface area contributed by atoms with E-state index in [4.69, 9.17) is 0 Å². The second-order valence-corrected chi connectivity index (χ2v) is 8.85. The first-order chi connectivity index (χ1) is 7.46. The summed E-state index contributed by atoms with van der Waals surface area (Å²) in [5.41, 5.74) is 1.95. The third kappa shape index (κ3) is 3.20. The van der Waals surface area contributed by atoms with Crippen LogP contribution < -0.4 is 5.32 Å². The maximum Gasteiger partial charge on any atom is 0.0659 e. The summed E-state index contributed by atoms with van der Waals surface area (Å²) in [6, 6.07) is 2.97. The molecule has 1 unspecified atom stereocenters. The molecular formula is C13H20INS. The van der Waals surface area contributed by atoms with E-state index in [1.54, 1.807) is 10.4 Å². The van der Waals surface area contributed by atoms with Crippen molar-refractivity contribution in [3.63, 3.8) is 0 Å². The molecule has 0 saturated heterocycles. The molecule has 1 nitrogen and oxygen atoms in total. The predicted molar refractivity (Wildman–Crippen MR) is 80.2 cm³/mol. The second kappa shape index (κ2) is 4.94. The summed E-state index contributed by atoms with van der Waals surface area (Å²) in [7, 11) is 0. The quantitative estimate of drug-likeness (QED) is 0.782. The molecule has 1 aromatic rings. The molecule has 0 fully saturated rings. The molecule has 3 heteroatoms. The van der Waals surface area contributed by atoms with E-state index in [0.29, 0.717) is 11.5 Å². The third-order valence-electron chi connectivity index (χ3n) is 2.96. The average Bonchev–Trinajstić information content (AvgIpc) is 2.54. The number of thiophene rings is 1. The van der Waals surface area contributed by atoms with Gasteiger partial charge in [-0.15, -0.1) is 11.3 Å². The molecule has 2 rings (SSSR count). The summed E-state index contributed by atoms with van der Waals surface area (Å²) in [6.45, 7) is 7.98. The Labute approximate surface area is 116 Å². The van der Waals surface area contributed by atoms with Crippen molar-refractivity contribution in [2.45, 2.75) is 46.1 Å². The summed E-state index contributed by atoms with van der Waals surface area (Å²) in [5, 5.41) is 3.73. The largest absolute Gasteiger partial charge is 0.309 e. The number of halogens is 1. The first kappa shape index (κ1) is 12.8. The Hall–Kier alpha value is 0.390. The first-order valence-electron chi connectivity index (χ1n) is 5.97. The molecule has 1 aliphatic rings. The van der Waals surface area contributed by atoms with Crippen LogP contribution in [0, 0.1) is 8.30 Å². The molecule has 0 aliphatic heterocycles. The number of rotatable bonds is 2. The lowest BCUT2D eigenvalue weighted by Gasteiger charge is -2.28. The van der Waals surface area contributed by atoms with Crippen molar-refractivity contribution < 1.29 is 0 Å². The Morgan fingerprint density at radius 3 is 2.94 bits per heavy atom. The summed E-state index contributed by atoms with van der Waals surface area (Å²) in [6.07, 6.45) is 3.93. The molecule has 1 aliphatic carbocycles. The number of nitrogens with one attached hydrogen (secondary N) is 1. The van der Waals surface area contributed by atoms with E-state index in [0.717, 1.165) is 6.54 Å². The minimum atomic E-state index is 0.376. The van der Waals surface area contributed by atoms with Gasteiger partial charge in [0.2, 0.25) is 0 Å². The minimum absolute atomic E-state index is 0.376. The summed E-state index contributed by atoms with van der Waals surface area (Å²) in [5.74, 6) is 0. The van der Waals surface area contributed by atoms with Gasteiger partial charge in [-0.1, -0.05) is 20.8 Å². The Bertz CT molecular complexity index is 364. The topological polar surface area (TPSA) is 12.0 Å². The van der Waals surface area contributed by atoms with Crippen LogP contribution in [0.1, 0.15) is 50.1 Å². The van der Waals surface area contributed by atoms with E-state index in [2.05, 4.69) is 54.7 Å². The van der Waals surface area contributed by atoms with Crippen LogP contribution in [0.2, 0.25) is 0 Å². The predicted octanol–water partition coefficient (Wildman–Crippen LogP) is 4.37. The van der Waals surface area contributed by atoms with Crippen molar-refractivity contribution in [1.82, 2.24) is 5.32 Å². The van der Waals surface area contributed by atoms with Gasteiger partial charge in [-0.05, 0) is 58.9 Å². The summed E-state index contributed by atoms with van der Waals surface area (Å²) < 4.78 is 1.44. The summed E-state index contributed by atoms with van der Waals surface area (Å²) >= 11 is 4.42. The van der Waals surface area contributed by atoms with Gasteiger partial charge in [0.25, 0.3) is 0 Å². The Morgan fingerprint density at radius 2 is 2.25 bits per heavy atom. The van der Waals surface area contributed by atoms with Gasteiger partial charge in [0.1, 0.15) is 0 Å². The fourth-order valence-corrected chi connectivity index (χ4v) is 4.28. The van der Waals surface area contributed by atoms with Gasteiger partial charge in [0.05, 0.1) is 2.88 Å². The smallest absolute Gasteiger partial charge is 0.0659 e. The van der Waals surface area contributed by atoms with Crippen LogP contribution in [-0.2, 0) is 6.42 Å². The molecule has 0 bridgehead atoms. The number of aryl methyl sites for hydroxylation is 1. The lowest BCUT2D eigenvalue weighted by molar-refractivity contribution is 0.338. The Balaban J connectivity index is 2.07. The zero-order valence-corrected chi connectivity index (χ0v) is 13.2. The first-order valence-corrected chi connectivity index (χ1v) is 7.87. The van der Waals surface area contributed by atoms with Gasteiger partial charge >= 0.3 is 0 Å². The third-order valence-corrected chi connectivity index (χ3v) is 4.93. The minimum Gasteiger partial charge on any atom is -0.309 e. The van der Waals surface area contributed by atoms with E-state index in [1.807, 2.05) is 11.3 Å². The van der Waals surface area contributed by atoms with Crippen LogP contribution >= 0.6 is 33.9 Å². The average molecular weight is 349 g/mol. The van der Waals surface area contributed by atoms with Crippen LogP contribution in [0.25, 0.3) is 0 Å². The van der Waals surface area contributed by atoms with E-state index in [-0.39, 0.29) is 0 Å². The van der Waals surface area contributed by atoms with Crippen molar-refractivity contribution in [3.8, 4) is 0 Å². The highest BCUT2D eigenvalue weighted by molar-refractivity contribution is 14.1. The fraction of sp³-hybridized carbons (Fsp3) is 0.692. The molecule has 0 radical (unpaired) electrons. The molecule has 1 atom stereocenters. The fourth-order valence-electron chi connectivity index (χ4n) is 2.16. The maximum absolute atomic E-state index is 3.73. The molecular weight excluding hydrogens is 329 g/mol. The van der Waals surface area contributed by atoms with E-state index in [1.165, 1.54) is 22.1 Å². The van der Waals surface area contributed by atoms with Gasteiger partial charge in [-0.2, -0.15) is 0 Å². The van der Waals surface area contributed by atoms with Crippen molar-refractivity contribution in [3.05, 3.63) is 19.4 Å². The standard InChI is InChI=1S/C13H20INS/c1-13(2,3)8-15-10-5-4-6-11-9(10)7-12(14)16-11/h7,10,15H,4-6,8H2,1-3H3. The SMILES string of the molecule is CC(C)(C)CNC1CCCc2sc(I)cc21. The van der Waals surface area contributed by atoms with Gasteiger partial charge in [0.15, 0.2) is 0 Å². The molecule has 90 valence electrons. The van der Waals surface area contributed by atoms with Crippen molar-refractivity contribution in [2.24, 2.45) is 5.41 Å². The lowest BCUT2D eigenvalue weighted by atomic mass is 9.91. The highest BCUT2D eigenvalue weighted by atomic mass is 127. The Morgan fingerprint density at radius 1 is 1.50 bits per heavy atom. The van der Waals surface area contributed by atoms with E-state index < -0.39 is 0 Å². The molecule has 1 aromatic heterocycles. The van der Waals surface area contributed by atoms with Crippen LogP contribution in [-0.4, -0.2) is 6.54 Å². The lowest BCUT2D eigenvalue weighted by Crippen LogP contribution is -2.32. The van der Waals surface area contributed by atoms with E-state index >= 15 is 0 Å². The molecule has 1 heterocycles. The molecule has 1 N–H and O–H groups in total. The number of hydrogen-bond acceptors (Lipinski definition) is 2.